The molecule has 118 valence electrons. The molecule has 0 spiro atoms. The van der Waals surface area contributed by atoms with Crippen LogP contribution in [-0.2, 0) is 4.74 Å². The fourth-order valence-corrected chi connectivity index (χ4v) is 2.31. The first kappa shape index (κ1) is 16.1. The van der Waals surface area contributed by atoms with E-state index in [4.69, 9.17) is 4.74 Å². The molecule has 1 aliphatic heterocycles. The minimum Gasteiger partial charge on any atom is -0.406 e. The Bertz CT molecular complexity index is 461. The molecular formula is C15H20F3NO2. The summed E-state index contributed by atoms with van der Waals surface area (Å²) in [6.45, 7) is 5.54. The summed E-state index contributed by atoms with van der Waals surface area (Å²) in [7, 11) is 0. The number of benzene rings is 1. The maximum atomic E-state index is 12.1. The zero-order valence-electron chi connectivity index (χ0n) is 12.2. The lowest BCUT2D eigenvalue weighted by Gasteiger charge is -2.27. The summed E-state index contributed by atoms with van der Waals surface area (Å²) in [4.78, 5) is 0. The van der Waals surface area contributed by atoms with Gasteiger partial charge in [-0.3, -0.25) is 0 Å². The third-order valence-electron chi connectivity index (χ3n) is 3.95. The summed E-state index contributed by atoms with van der Waals surface area (Å²) >= 11 is 0. The average molecular weight is 303 g/mol. The van der Waals surface area contributed by atoms with Gasteiger partial charge in [-0.2, -0.15) is 0 Å². The van der Waals surface area contributed by atoms with E-state index in [1.807, 2.05) is 0 Å². The van der Waals surface area contributed by atoms with Crippen molar-refractivity contribution >= 4 is 0 Å². The normalized spacial score (nSPS) is 27.2. The molecule has 1 N–H and O–H groups in total. The smallest absolute Gasteiger partial charge is 0.406 e. The number of alkyl halides is 3. The second-order valence-corrected chi connectivity index (χ2v) is 5.52. The van der Waals surface area contributed by atoms with Crippen LogP contribution in [0.5, 0.6) is 5.75 Å². The van der Waals surface area contributed by atoms with Gasteiger partial charge < -0.3 is 14.8 Å². The van der Waals surface area contributed by atoms with E-state index in [0.29, 0.717) is 13.2 Å². The zero-order valence-corrected chi connectivity index (χ0v) is 12.2. The first-order valence-electron chi connectivity index (χ1n) is 7.04. The van der Waals surface area contributed by atoms with Crippen LogP contribution in [0.1, 0.15) is 38.4 Å². The third kappa shape index (κ3) is 4.61. The van der Waals surface area contributed by atoms with Crippen LogP contribution in [0.15, 0.2) is 24.3 Å². The Morgan fingerprint density at radius 3 is 2.57 bits per heavy atom. The van der Waals surface area contributed by atoms with Gasteiger partial charge >= 0.3 is 6.36 Å². The van der Waals surface area contributed by atoms with Crippen LogP contribution in [0.2, 0.25) is 0 Å². The van der Waals surface area contributed by atoms with Gasteiger partial charge in [-0.1, -0.05) is 19.1 Å². The fraction of sp³-hybridized carbons (Fsp3) is 0.600. The minimum atomic E-state index is -4.66. The van der Waals surface area contributed by atoms with Gasteiger partial charge in [0, 0.05) is 18.7 Å². The Balaban J connectivity index is 2.02. The van der Waals surface area contributed by atoms with E-state index in [-0.39, 0.29) is 17.4 Å². The average Bonchev–Trinajstić information content (AvgIpc) is 2.61. The van der Waals surface area contributed by atoms with Crippen LogP contribution < -0.4 is 10.1 Å². The second kappa shape index (κ2) is 6.23. The number of nitrogens with one attached hydrogen (secondary N) is 1. The molecule has 1 saturated heterocycles. The molecule has 0 saturated carbocycles. The number of hydrogen-bond donors (Lipinski definition) is 1. The van der Waals surface area contributed by atoms with Crippen LogP contribution in [0.4, 0.5) is 13.2 Å². The lowest BCUT2D eigenvalue weighted by Crippen LogP contribution is -2.42. The molecule has 1 aromatic rings. The van der Waals surface area contributed by atoms with Crippen molar-refractivity contribution in [2.45, 2.75) is 44.7 Å². The van der Waals surface area contributed by atoms with E-state index in [1.165, 1.54) is 12.1 Å². The van der Waals surface area contributed by atoms with Gasteiger partial charge in [0.05, 0.1) is 6.10 Å². The van der Waals surface area contributed by atoms with Gasteiger partial charge in [-0.15, -0.1) is 13.2 Å². The van der Waals surface area contributed by atoms with Gasteiger partial charge in [-0.25, -0.2) is 0 Å². The number of hydrogen-bond acceptors (Lipinski definition) is 3. The van der Waals surface area contributed by atoms with Crippen molar-refractivity contribution in [2.75, 3.05) is 13.2 Å². The van der Waals surface area contributed by atoms with Gasteiger partial charge in [0.1, 0.15) is 5.75 Å². The van der Waals surface area contributed by atoms with Crippen molar-refractivity contribution in [3.63, 3.8) is 0 Å². The summed E-state index contributed by atoms with van der Waals surface area (Å²) in [6.07, 6.45) is -2.90. The van der Waals surface area contributed by atoms with Crippen LogP contribution in [0.25, 0.3) is 0 Å². The standard InChI is InChI=1S/C15H20F3NO2/c1-3-14(2)8-9-20-13(10-19-14)11-4-6-12(7-5-11)21-15(16,17)18/h4-7,13,19H,3,8-10H2,1-2H3. The molecule has 2 atom stereocenters. The van der Waals surface area contributed by atoms with Crippen molar-refractivity contribution in [3.8, 4) is 5.75 Å². The second-order valence-electron chi connectivity index (χ2n) is 5.52. The largest absolute Gasteiger partial charge is 0.573 e. The Kier molecular flexibility index (Phi) is 4.78. The number of ether oxygens (including phenoxy) is 2. The minimum absolute atomic E-state index is 0.0497. The monoisotopic (exact) mass is 303 g/mol. The Labute approximate surface area is 122 Å². The molecule has 2 rings (SSSR count). The molecule has 1 fully saturated rings. The van der Waals surface area contributed by atoms with E-state index < -0.39 is 6.36 Å². The first-order valence-corrected chi connectivity index (χ1v) is 7.04. The molecule has 0 bridgehead atoms. The highest BCUT2D eigenvalue weighted by molar-refractivity contribution is 5.29. The van der Waals surface area contributed by atoms with E-state index in [2.05, 4.69) is 23.9 Å². The molecule has 2 unspecified atom stereocenters. The van der Waals surface area contributed by atoms with Crippen molar-refractivity contribution in [3.05, 3.63) is 29.8 Å². The topological polar surface area (TPSA) is 30.5 Å². The highest BCUT2D eigenvalue weighted by Gasteiger charge is 2.31. The summed E-state index contributed by atoms with van der Waals surface area (Å²) in [5.41, 5.74) is 0.894. The number of rotatable bonds is 3. The van der Waals surface area contributed by atoms with E-state index >= 15 is 0 Å². The lowest BCUT2D eigenvalue weighted by molar-refractivity contribution is -0.274. The van der Waals surface area contributed by atoms with Gasteiger partial charge in [-0.05, 0) is 37.5 Å². The number of halogens is 3. The molecule has 1 aliphatic rings. The molecular weight excluding hydrogens is 283 g/mol. The molecule has 0 aromatic heterocycles. The van der Waals surface area contributed by atoms with Crippen LogP contribution in [-0.4, -0.2) is 25.1 Å². The van der Waals surface area contributed by atoms with Crippen LogP contribution >= 0.6 is 0 Å². The Hall–Kier alpha value is -1.27. The predicted molar refractivity (Wildman–Crippen MR) is 73.1 cm³/mol. The predicted octanol–water partition coefficient (Wildman–Crippen LogP) is 3.80. The van der Waals surface area contributed by atoms with Gasteiger partial charge in [0.2, 0.25) is 0 Å². The highest BCUT2D eigenvalue weighted by Crippen LogP contribution is 2.28. The molecule has 0 aliphatic carbocycles. The Morgan fingerprint density at radius 1 is 1.33 bits per heavy atom. The van der Waals surface area contributed by atoms with E-state index in [0.717, 1.165) is 18.4 Å². The Morgan fingerprint density at radius 2 is 2.00 bits per heavy atom. The maximum Gasteiger partial charge on any atom is 0.573 e. The highest BCUT2D eigenvalue weighted by atomic mass is 19.4. The van der Waals surface area contributed by atoms with Gasteiger partial charge in [0.25, 0.3) is 0 Å². The van der Waals surface area contributed by atoms with Crippen molar-refractivity contribution in [1.82, 2.24) is 5.32 Å². The van der Waals surface area contributed by atoms with Crippen molar-refractivity contribution < 1.29 is 22.6 Å². The molecule has 0 amide bonds. The molecule has 1 aromatic carbocycles. The first-order chi connectivity index (χ1) is 9.81. The molecule has 0 radical (unpaired) electrons. The van der Waals surface area contributed by atoms with Crippen molar-refractivity contribution in [2.24, 2.45) is 0 Å². The summed E-state index contributed by atoms with van der Waals surface area (Å²) in [6, 6.07) is 5.86. The molecule has 21 heavy (non-hydrogen) atoms. The lowest BCUT2D eigenvalue weighted by atomic mass is 9.95. The SMILES string of the molecule is CCC1(C)CCOC(c2ccc(OC(F)(F)F)cc2)CN1. The third-order valence-corrected chi connectivity index (χ3v) is 3.95. The van der Waals surface area contributed by atoms with E-state index in [9.17, 15) is 13.2 Å². The molecule has 1 heterocycles. The molecule has 3 nitrogen and oxygen atoms in total. The fourth-order valence-electron chi connectivity index (χ4n) is 2.31. The van der Waals surface area contributed by atoms with Crippen molar-refractivity contribution in [1.29, 1.82) is 0 Å². The summed E-state index contributed by atoms with van der Waals surface area (Å²) in [5, 5.41) is 3.47. The van der Waals surface area contributed by atoms with Crippen LogP contribution in [0, 0.1) is 0 Å². The molecule has 6 heteroatoms. The zero-order chi connectivity index (χ0) is 15.5. The van der Waals surface area contributed by atoms with E-state index in [1.54, 1.807) is 12.1 Å². The quantitative estimate of drug-likeness (QED) is 0.921. The van der Waals surface area contributed by atoms with Crippen LogP contribution in [0.3, 0.4) is 0 Å². The summed E-state index contributed by atoms with van der Waals surface area (Å²) < 4.78 is 46.0. The maximum absolute atomic E-state index is 12.1. The van der Waals surface area contributed by atoms with Gasteiger partial charge in [0.15, 0.2) is 0 Å². The summed E-state index contributed by atoms with van der Waals surface area (Å²) in [5.74, 6) is -0.216.